The van der Waals surface area contributed by atoms with Crippen LogP contribution in [0.4, 0.5) is 0 Å². The number of hydrogen-bond donors (Lipinski definition) is 3. The maximum absolute atomic E-state index is 13.9. The zero-order valence-electron chi connectivity index (χ0n) is 23.4. The van der Waals surface area contributed by atoms with E-state index in [1.807, 2.05) is 36.4 Å². The van der Waals surface area contributed by atoms with E-state index in [4.69, 9.17) is 0 Å². The molecule has 4 aliphatic rings. The fourth-order valence-corrected chi connectivity index (χ4v) is 9.30. The Bertz CT molecular complexity index is 1150. The molecular weight excluding hydrogens is 525 g/mol. The summed E-state index contributed by atoms with van der Waals surface area (Å²) in [4.78, 5) is 53.4. The van der Waals surface area contributed by atoms with Gasteiger partial charge in [-0.1, -0.05) is 68.2 Å². The number of carbonyl (C=O) groups excluding carboxylic acids is 3. The van der Waals surface area contributed by atoms with E-state index in [9.17, 15) is 23.8 Å². The Balaban J connectivity index is 1.35. The van der Waals surface area contributed by atoms with Crippen LogP contribution < -0.4 is 10.6 Å². The van der Waals surface area contributed by atoms with Gasteiger partial charge in [-0.3, -0.25) is 18.9 Å². The van der Waals surface area contributed by atoms with Crippen LogP contribution in [0.1, 0.15) is 89.0 Å². The summed E-state index contributed by atoms with van der Waals surface area (Å²) in [7, 11) is -3.84. The highest BCUT2D eigenvalue weighted by Crippen LogP contribution is 2.71. The van der Waals surface area contributed by atoms with E-state index in [0.29, 0.717) is 44.6 Å². The molecule has 2 aliphatic carbocycles. The molecule has 0 bridgehead atoms. The van der Waals surface area contributed by atoms with E-state index in [-0.39, 0.29) is 29.8 Å². The summed E-state index contributed by atoms with van der Waals surface area (Å²) in [6, 6.07) is 7.88. The molecule has 5 atom stereocenters. The predicted octanol–water partition coefficient (Wildman–Crippen LogP) is 4.87. The van der Waals surface area contributed by atoms with E-state index in [1.54, 1.807) is 4.90 Å². The van der Waals surface area contributed by atoms with Crippen LogP contribution >= 0.6 is 7.37 Å². The first-order valence-corrected chi connectivity index (χ1v) is 17.1. The number of nitrogens with one attached hydrogen (secondary N) is 2. The SMILES string of the molecule is O=C(CC1CCCC1)N[C@H]1CCCCC/C=C\[C@@H]2C[C@@]2(P(=O)(O)Cc2ccccc2)NC(=O)[C@@H]2CCCN2C1=O. The lowest BCUT2D eigenvalue weighted by Crippen LogP contribution is -2.55. The summed E-state index contributed by atoms with van der Waals surface area (Å²) in [5, 5.41) is 4.82. The smallest absolute Gasteiger partial charge is 0.245 e. The van der Waals surface area contributed by atoms with Crippen molar-refractivity contribution < 1.29 is 23.8 Å². The molecule has 3 amide bonds. The van der Waals surface area contributed by atoms with Crippen LogP contribution in [-0.4, -0.2) is 51.4 Å². The predicted molar refractivity (Wildman–Crippen MR) is 154 cm³/mol. The van der Waals surface area contributed by atoms with Crippen molar-refractivity contribution in [2.75, 3.05) is 6.54 Å². The number of nitrogens with zero attached hydrogens (tertiary/aromatic N) is 1. The van der Waals surface area contributed by atoms with Gasteiger partial charge in [-0.2, -0.15) is 0 Å². The van der Waals surface area contributed by atoms with E-state index >= 15 is 0 Å². The summed E-state index contributed by atoms with van der Waals surface area (Å²) in [5.41, 5.74) is 0.760. The molecule has 3 N–H and O–H groups in total. The second-order valence-corrected chi connectivity index (χ2v) is 14.8. The standard InChI is InChI=1S/C31H44N3O5P/c35-28(20-23-12-9-10-13-23)32-26-17-8-3-1-2-7-16-25-21-31(25,40(38,39)22-24-14-5-4-6-15-24)33-29(36)27-18-11-19-34(27)30(26)37/h4-7,14-16,23,25-27H,1-3,8-13,17-22H2,(H,32,35)(H,33,36)(H,38,39)/b16-7-/t25-,26+,27+,31+/m1/s1. The summed E-state index contributed by atoms with van der Waals surface area (Å²) < 4.78 is 13.9. The van der Waals surface area contributed by atoms with Crippen LogP contribution in [0.2, 0.25) is 0 Å². The van der Waals surface area contributed by atoms with Gasteiger partial charge in [0.05, 0.1) is 6.16 Å². The molecule has 2 heterocycles. The normalized spacial score (nSPS) is 32.1. The zero-order chi connectivity index (χ0) is 28.2. The Kier molecular flexibility index (Phi) is 9.16. The van der Waals surface area contributed by atoms with E-state index in [0.717, 1.165) is 56.9 Å². The summed E-state index contributed by atoms with van der Waals surface area (Å²) in [5.74, 6) is -0.469. The van der Waals surface area contributed by atoms with Crippen molar-refractivity contribution in [1.29, 1.82) is 0 Å². The van der Waals surface area contributed by atoms with Crippen molar-refractivity contribution in [3.05, 3.63) is 48.0 Å². The molecule has 0 aromatic heterocycles. The molecule has 0 radical (unpaired) electrons. The third-order valence-corrected chi connectivity index (χ3v) is 12.0. The lowest BCUT2D eigenvalue weighted by Gasteiger charge is -2.31. The average molecular weight is 570 g/mol. The first kappa shape index (κ1) is 29.1. The van der Waals surface area contributed by atoms with Gasteiger partial charge in [0, 0.05) is 18.9 Å². The Hall–Kier alpha value is -2.44. The minimum absolute atomic E-state index is 0.0130. The van der Waals surface area contributed by atoms with Gasteiger partial charge in [-0.15, -0.1) is 0 Å². The van der Waals surface area contributed by atoms with Crippen molar-refractivity contribution in [2.24, 2.45) is 11.8 Å². The molecule has 2 aliphatic heterocycles. The third kappa shape index (κ3) is 6.54. The van der Waals surface area contributed by atoms with Crippen LogP contribution in [0.3, 0.4) is 0 Å². The number of fused-ring (bicyclic) bond motifs is 2. The quantitative estimate of drug-likeness (QED) is 0.334. The second kappa shape index (κ2) is 12.6. The Morgan fingerprint density at radius 1 is 1.02 bits per heavy atom. The molecule has 1 aromatic carbocycles. The molecule has 3 fully saturated rings. The van der Waals surface area contributed by atoms with Crippen LogP contribution in [0.15, 0.2) is 42.5 Å². The Morgan fingerprint density at radius 3 is 2.55 bits per heavy atom. The fourth-order valence-electron chi connectivity index (χ4n) is 6.94. The number of rotatable bonds is 6. The summed E-state index contributed by atoms with van der Waals surface area (Å²) >= 11 is 0. The molecule has 1 aromatic rings. The molecule has 218 valence electrons. The topological polar surface area (TPSA) is 116 Å². The molecule has 1 saturated heterocycles. The molecule has 8 nitrogen and oxygen atoms in total. The van der Waals surface area contributed by atoms with Crippen molar-refractivity contribution in [3.63, 3.8) is 0 Å². The van der Waals surface area contributed by atoms with Crippen LogP contribution in [0, 0.1) is 11.8 Å². The zero-order valence-corrected chi connectivity index (χ0v) is 24.3. The molecule has 2 saturated carbocycles. The number of hydrogen-bond acceptors (Lipinski definition) is 4. The molecule has 1 unspecified atom stereocenters. The van der Waals surface area contributed by atoms with Crippen molar-refractivity contribution in [1.82, 2.24) is 15.5 Å². The Labute approximate surface area is 237 Å². The van der Waals surface area contributed by atoms with Gasteiger partial charge in [0.15, 0.2) is 0 Å². The number of carbonyl (C=O) groups is 3. The highest BCUT2D eigenvalue weighted by Gasteiger charge is 2.65. The largest absolute Gasteiger partial charge is 0.344 e. The number of benzene rings is 1. The van der Waals surface area contributed by atoms with Crippen molar-refractivity contribution in [2.45, 2.75) is 107 Å². The van der Waals surface area contributed by atoms with Gasteiger partial charge < -0.3 is 20.4 Å². The summed E-state index contributed by atoms with van der Waals surface area (Å²) in [6.07, 6.45) is 14.6. The molecule has 5 rings (SSSR count). The van der Waals surface area contributed by atoms with Gasteiger partial charge in [0.25, 0.3) is 0 Å². The molecule has 9 heteroatoms. The van der Waals surface area contributed by atoms with Gasteiger partial charge in [0.2, 0.25) is 25.1 Å². The van der Waals surface area contributed by atoms with Crippen LogP contribution in [0.5, 0.6) is 0 Å². The van der Waals surface area contributed by atoms with Crippen molar-refractivity contribution >= 4 is 25.1 Å². The first-order valence-electron chi connectivity index (χ1n) is 15.2. The lowest BCUT2D eigenvalue weighted by molar-refractivity contribution is -0.141. The van der Waals surface area contributed by atoms with E-state index < -0.39 is 24.7 Å². The monoisotopic (exact) mass is 569 g/mol. The molecule has 0 spiro atoms. The van der Waals surface area contributed by atoms with Gasteiger partial charge in [0.1, 0.15) is 17.4 Å². The minimum atomic E-state index is -3.84. The first-order chi connectivity index (χ1) is 19.3. The Morgan fingerprint density at radius 2 is 1.77 bits per heavy atom. The fraction of sp³-hybridized carbons (Fsp3) is 0.645. The maximum atomic E-state index is 13.9. The van der Waals surface area contributed by atoms with Gasteiger partial charge >= 0.3 is 0 Å². The van der Waals surface area contributed by atoms with Gasteiger partial charge in [-0.05, 0) is 62.8 Å². The molecular formula is C31H44N3O5P. The minimum Gasteiger partial charge on any atom is -0.344 e. The van der Waals surface area contributed by atoms with Crippen LogP contribution in [-0.2, 0) is 25.1 Å². The van der Waals surface area contributed by atoms with Crippen molar-refractivity contribution in [3.8, 4) is 0 Å². The maximum Gasteiger partial charge on any atom is 0.245 e. The number of allylic oxidation sites excluding steroid dienone is 1. The third-order valence-electron chi connectivity index (χ3n) is 9.34. The average Bonchev–Trinajstić information content (AvgIpc) is 3.27. The number of amides is 3. The summed E-state index contributed by atoms with van der Waals surface area (Å²) in [6.45, 7) is 0.447. The lowest BCUT2D eigenvalue weighted by atomic mass is 10.0. The van der Waals surface area contributed by atoms with E-state index in [2.05, 4.69) is 16.7 Å². The van der Waals surface area contributed by atoms with Gasteiger partial charge in [-0.25, -0.2) is 0 Å². The highest BCUT2D eigenvalue weighted by molar-refractivity contribution is 7.59. The second-order valence-electron chi connectivity index (χ2n) is 12.3. The van der Waals surface area contributed by atoms with Crippen LogP contribution in [0.25, 0.3) is 0 Å². The molecule has 40 heavy (non-hydrogen) atoms. The highest BCUT2D eigenvalue weighted by atomic mass is 31.2. The van der Waals surface area contributed by atoms with E-state index in [1.165, 1.54) is 0 Å².